The van der Waals surface area contributed by atoms with Gasteiger partial charge in [0.2, 0.25) is 0 Å². The molecule has 134 valence electrons. The van der Waals surface area contributed by atoms with Crippen molar-refractivity contribution in [2.24, 2.45) is 0 Å². The lowest BCUT2D eigenvalue weighted by Crippen LogP contribution is -2.35. The minimum Gasteiger partial charge on any atom is -0.489 e. The van der Waals surface area contributed by atoms with E-state index in [1.165, 1.54) is 17.7 Å². The first kappa shape index (κ1) is 18.4. The van der Waals surface area contributed by atoms with Crippen LogP contribution in [0.3, 0.4) is 0 Å². The van der Waals surface area contributed by atoms with Crippen LogP contribution in [0.25, 0.3) is 0 Å². The fourth-order valence-corrected chi connectivity index (χ4v) is 3.49. The molecule has 0 spiro atoms. The molecule has 1 aliphatic rings. The Morgan fingerprint density at radius 3 is 2.40 bits per heavy atom. The fraction of sp³-hybridized carbons (Fsp3) is 0.400. The number of halogens is 2. The van der Waals surface area contributed by atoms with Crippen LogP contribution in [0.4, 0.5) is 4.39 Å². The molecule has 3 rings (SSSR count). The number of benzene rings is 2. The van der Waals surface area contributed by atoms with Crippen LogP contribution in [0.1, 0.15) is 29.5 Å². The first-order chi connectivity index (χ1) is 12.1. The molecule has 3 nitrogen and oxygen atoms in total. The van der Waals surface area contributed by atoms with E-state index in [9.17, 15) is 4.39 Å². The highest BCUT2D eigenvalue weighted by atomic mass is 79.9. The van der Waals surface area contributed by atoms with Crippen LogP contribution < -0.4 is 4.74 Å². The Morgan fingerprint density at radius 1 is 1.08 bits per heavy atom. The largest absolute Gasteiger partial charge is 0.489 e. The monoisotopic (exact) mass is 408 g/mol. The summed E-state index contributed by atoms with van der Waals surface area (Å²) in [6.45, 7) is 1.62. The van der Waals surface area contributed by atoms with Crippen molar-refractivity contribution in [2.45, 2.75) is 30.4 Å². The molecule has 0 unspecified atom stereocenters. The van der Waals surface area contributed by atoms with Gasteiger partial charge >= 0.3 is 0 Å². The number of methoxy groups -OCH3 is 1. The Bertz CT molecular complexity index is 697. The lowest BCUT2D eigenvalue weighted by atomic mass is 9.86. The molecule has 1 heterocycles. The summed E-state index contributed by atoms with van der Waals surface area (Å²) in [5.74, 6) is 0.201. The number of alkyl halides is 1. The Morgan fingerprint density at radius 2 is 1.76 bits per heavy atom. The minimum absolute atomic E-state index is 0.315. The smallest absolute Gasteiger partial charge is 0.127 e. The normalized spacial score (nSPS) is 16.6. The summed E-state index contributed by atoms with van der Waals surface area (Å²) in [4.78, 5) is 0. The predicted octanol–water partition coefficient (Wildman–Crippen LogP) is 4.95. The zero-order valence-corrected chi connectivity index (χ0v) is 15.9. The van der Waals surface area contributed by atoms with Gasteiger partial charge in [0.1, 0.15) is 18.2 Å². The van der Waals surface area contributed by atoms with Gasteiger partial charge in [-0.2, -0.15) is 0 Å². The number of ether oxygens (including phenoxy) is 3. The van der Waals surface area contributed by atoms with Gasteiger partial charge in [0.05, 0.1) is 5.60 Å². The molecule has 0 amide bonds. The minimum atomic E-state index is -0.504. The third-order valence-corrected chi connectivity index (χ3v) is 5.32. The molecule has 1 fully saturated rings. The molecule has 25 heavy (non-hydrogen) atoms. The van der Waals surface area contributed by atoms with Crippen molar-refractivity contribution in [1.29, 1.82) is 0 Å². The molecule has 0 atom stereocenters. The van der Waals surface area contributed by atoms with E-state index >= 15 is 0 Å². The molecule has 0 N–H and O–H groups in total. The van der Waals surface area contributed by atoms with Crippen LogP contribution in [-0.4, -0.2) is 20.3 Å². The topological polar surface area (TPSA) is 27.7 Å². The molecule has 0 saturated carbocycles. The number of rotatable bonds is 6. The fourth-order valence-electron chi connectivity index (χ4n) is 3.11. The second-order valence-corrected chi connectivity index (χ2v) is 6.79. The van der Waals surface area contributed by atoms with E-state index in [1.807, 2.05) is 30.3 Å². The van der Waals surface area contributed by atoms with Crippen molar-refractivity contribution >= 4 is 15.9 Å². The highest BCUT2D eigenvalue weighted by Gasteiger charge is 2.35. The first-order valence-electron chi connectivity index (χ1n) is 8.36. The molecular formula is C20H22BrFO3. The van der Waals surface area contributed by atoms with Crippen LogP contribution in [0.5, 0.6) is 5.75 Å². The van der Waals surface area contributed by atoms with E-state index in [0.717, 1.165) is 16.5 Å². The second-order valence-electron chi connectivity index (χ2n) is 6.23. The van der Waals surface area contributed by atoms with Crippen molar-refractivity contribution < 1.29 is 18.6 Å². The van der Waals surface area contributed by atoms with Crippen molar-refractivity contribution in [3.8, 4) is 5.75 Å². The van der Waals surface area contributed by atoms with E-state index < -0.39 is 5.60 Å². The number of hydrogen-bond acceptors (Lipinski definition) is 3. The second kappa shape index (κ2) is 8.30. The molecular weight excluding hydrogens is 387 g/mol. The standard InChI is InChI=1S/C20H22BrFO3/c1-23-20(6-8-24-9-7-20)17-10-18(22)12-19(11-17)25-14-16-4-2-15(13-21)3-5-16/h2-5,10-12H,6-9,13-14H2,1H3. The van der Waals surface area contributed by atoms with E-state index in [0.29, 0.717) is 38.4 Å². The Kier molecular flexibility index (Phi) is 6.10. The van der Waals surface area contributed by atoms with E-state index in [4.69, 9.17) is 14.2 Å². The van der Waals surface area contributed by atoms with Crippen LogP contribution in [-0.2, 0) is 27.0 Å². The molecule has 1 saturated heterocycles. The summed E-state index contributed by atoms with van der Waals surface area (Å²) in [7, 11) is 1.67. The van der Waals surface area contributed by atoms with E-state index in [1.54, 1.807) is 7.11 Å². The molecule has 2 aromatic rings. The maximum Gasteiger partial charge on any atom is 0.127 e. The van der Waals surface area contributed by atoms with E-state index in [-0.39, 0.29) is 5.82 Å². The first-order valence-corrected chi connectivity index (χ1v) is 9.48. The Hall–Kier alpha value is -1.43. The van der Waals surface area contributed by atoms with Gasteiger partial charge in [-0.25, -0.2) is 4.39 Å². The van der Waals surface area contributed by atoms with Crippen molar-refractivity contribution in [3.63, 3.8) is 0 Å². The molecule has 2 aromatic carbocycles. The van der Waals surface area contributed by atoms with Gasteiger partial charge in [-0.3, -0.25) is 0 Å². The van der Waals surface area contributed by atoms with Gasteiger partial charge in [-0.05, 0) is 28.8 Å². The van der Waals surface area contributed by atoms with Crippen molar-refractivity contribution in [2.75, 3.05) is 20.3 Å². The molecule has 0 bridgehead atoms. The van der Waals surface area contributed by atoms with Crippen molar-refractivity contribution in [1.82, 2.24) is 0 Å². The summed E-state index contributed by atoms with van der Waals surface area (Å²) in [6.07, 6.45) is 1.42. The maximum atomic E-state index is 14.1. The third-order valence-electron chi connectivity index (χ3n) is 4.67. The molecule has 0 aromatic heterocycles. The summed E-state index contributed by atoms with van der Waals surface area (Å²) in [5.41, 5.74) is 2.56. The van der Waals surface area contributed by atoms with Crippen molar-refractivity contribution in [3.05, 3.63) is 65.0 Å². The summed E-state index contributed by atoms with van der Waals surface area (Å²) in [5, 5.41) is 0.824. The molecule has 0 aliphatic carbocycles. The average molecular weight is 409 g/mol. The van der Waals surface area contributed by atoms with E-state index in [2.05, 4.69) is 15.9 Å². The summed E-state index contributed by atoms with van der Waals surface area (Å²) < 4.78 is 31.2. The number of hydrogen-bond donors (Lipinski definition) is 0. The zero-order chi connectivity index (χ0) is 17.7. The predicted molar refractivity (Wildman–Crippen MR) is 98.5 cm³/mol. The quantitative estimate of drug-likeness (QED) is 0.632. The van der Waals surface area contributed by atoms with Crippen LogP contribution >= 0.6 is 15.9 Å². The average Bonchev–Trinajstić information content (AvgIpc) is 2.67. The summed E-state index contributed by atoms with van der Waals surface area (Å²) >= 11 is 3.43. The van der Waals surface area contributed by atoms with Crippen LogP contribution in [0, 0.1) is 5.82 Å². The molecule has 0 radical (unpaired) electrons. The molecule has 5 heteroatoms. The van der Waals surface area contributed by atoms with Crippen LogP contribution in [0.15, 0.2) is 42.5 Å². The van der Waals surface area contributed by atoms with Gasteiger partial charge < -0.3 is 14.2 Å². The zero-order valence-electron chi connectivity index (χ0n) is 14.3. The van der Waals surface area contributed by atoms with Gasteiger partial charge in [-0.15, -0.1) is 0 Å². The van der Waals surface area contributed by atoms with Gasteiger partial charge in [0.25, 0.3) is 0 Å². The highest BCUT2D eigenvalue weighted by molar-refractivity contribution is 9.08. The Labute approximate surface area is 156 Å². The highest BCUT2D eigenvalue weighted by Crippen LogP contribution is 2.37. The van der Waals surface area contributed by atoms with Gasteiger partial charge in [-0.1, -0.05) is 40.2 Å². The third kappa shape index (κ3) is 4.40. The molecule has 1 aliphatic heterocycles. The van der Waals surface area contributed by atoms with Gasteiger partial charge in [0, 0.05) is 44.6 Å². The maximum absolute atomic E-state index is 14.1. The SMILES string of the molecule is COC1(c2cc(F)cc(OCc3ccc(CBr)cc3)c2)CCOCC1. The Balaban J connectivity index is 1.76. The lowest BCUT2D eigenvalue weighted by molar-refractivity contribution is -0.0950. The van der Waals surface area contributed by atoms with Crippen LogP contribution in [0.2, 0.25) is 0 Å². The summed E-state index contributed by atoms with van der Waals surface area (Å²) in [6, 6.07) is 13.0. The van der Waals surface area contributed by atoms with Gasteiger partial charge in [0.15, 0.2) is 0 Å². The lowest BCUT2D eigenvalue weighted by Gasteiger charge is -2.36.